The molecule has 0 saturated carbocycles. The molecule has 0 N–H and O–H groups in total. The fourth-order valence-electron chi connectivity index (χ4n) is 2.26. The van der Waals surface area contributed by atoms with Crippen molar-refractivity contribution in [2.24, 2.45) is 0 Å². The molecule has 0 aliphatic carbocycles. The Balaban J connectivity index is 2.11. The molecule has 2 heteroatoms. The molecular weight excluding hydrogens is 272 g/mol. The molecule has 3 aromatic rings. The lowest BCUT2D eigenvalue weighted by molar-refractivity contribution is 0.619. The molecule has 0 fully saturated rings. The van der Waals surface area contributed by atoms with Crippen LogP contribution in [0.2, 0.25) is 0 Å². The van der Waals surface area contributed by atoms with E-state index in [0.29, 0.717) is 16.7 Å². The number of allylic oxidation sites excluding steroid dienone is 2. The summed E-state index contributed by atoms with van der Waals surface area (Å²) in [5.41, 5.74) is 3.37. The van der Waals surface area contributed by atoms with Gasteiger partial charge in [0.25, 0.3) is 0 Å². The number of hydrogen-bond donors (Lipinski definition) is 0. The third-order valence-corrected chi connectivity index (χ3v) is 3.37. The van der Waals surface area contributed by atoms with E-state index in [0.717, 1.165) is 16.7 Å². The van der Waals surface area contributed by atoms with Crippen molar-refractivity contribution in [1.29, 1.82) is 0 Å². The van der Waals surface area contributed by atoms with Crippen molar-refractivity contribution in [2.45, 2.75) is 6.92 Å². The summed E-state index contributed by atoms with van der Waals surface area (Å²) in [7, 11) is 0. The Morgan fingerprint density at radius 3 is 2.59 bits per heavy atom. The van der Waals surface area contributed by atoms with Crippen molar-refractivity contribution in [3.05, 3.63) is 88.6 Å². The van der Waals surface area contributed by atoms with Gasteiger partial charge in [-0.25, -0.2) is 0 Å². The molecule has 0 unspecified atom stereocenters. The van der Waals surface area contributed by atoms with Gasteiger partial charge in [0.05, 0.1) is 5.39 Å². The summed E-state index contributed by atoms with van der Waals surface area (Å²) in [6, 6.07) is 16.8. The molecule has 0 aliphatic rings. The van der Waals surface area contributed by atoms with E-state index in [2.05, 4.69) is 6.58 Å². The van der Waals surface area contributed by atoms with Gasteiger partial charge >= 0.3 is 0 Å². The predicted octanol–water partition coefficient (Wildman–Crippen LogP) is 5.05. The van der Waals surface area contributed by atoms with Crippen molar-refractivity contribution >= 4 is 17.0 Å². The summed E-state index contributed by atoms with van der Waals surface area (Å²) in [6.45, 7) is 5.76. The summed E-state index contributed by atoms with van der Waals surface area (Å²) in [5.74, 6) is 0.586. The van der Waals surface area contributed by atoms with Crippen LogP contribution >= 0.6 is 0 Å². The number of hydrogen-bond acceptors (Lipinski definition) is 2. The Hall–Kier alpha value is -2.87. The first-order valence-electron chi connectivity index (χ1n) is 7.10. The highest BCUT2D eigenvalue weighted by atomic mass is 16.3. The molecule has 1 heterocycles. The highest BCUT2D eigenvalue weighted by Gasteiger charge is 2.06. The van der Waals surface area contributed by atoms with Crippen LogP contribution < -0.4 is 5.43 Å². The van der Waals surface area contributed by atoms with Crippen molar-refractivity contribution in [3.63, 3.8) is 0 Å². The van der Waals surface area contributed by atoms with Crippen LogP contribution in [-0.4, -0.2) is 0 Å². The molecule has 0 amide bonds. The molecule has 2 nitrogen and oxygen atoms in total. The molecule has 0 spiro atoms. The lowest BCUT2D eigenvalue weighted by Crippen LogP contribution is -2.00. The van der Waals surface area contributed by atoms with E-state index >= 15 is 0 Å². The second kappa shape index (κ2) is 5.86. The summed E-state index contributed by atoms with van der Waals surface area (Å²) < 4.78 is 5.87. The molecule has 2 aromatic carbocycles. The van der Waals surface area contributed by atoms with Gasteiger partial charge in [0.15, 0.2) is 5.43 Å². The van der Waals surface area contributed by atoms with Crippen LogP contribution in [0.1, 0.15) is 12.5 Å². The molecule has 0 atom stereocenters. The molecule has 0 radical (unpaired) electrons. The second-order valence-corrected chi connectivity index (χ2v) is 5.28. The van der Waals surface area contributed by atoms with E-state index in [1.807, 2.05) is 67.6 Å². The van der Waals surface area contributed by atoms with Crippen molar-refractivity contribution in [2.75, 3.05) is 0 Å². The van der Waals surface area contributed by atoms with Gasteiger partial charge in [0, 0.05) is 11.6 Å². The SMILES string of the molecule is C=C(C)C=Cc1ccc2oc(-c3ccccc3)cc(=O)c2c1. The maximum absolute atomic E-state index is 12.4. The molecule has 0 bridgehead atoms. The van der Waals surface area contributed by atoms with Crippen LogP contribution in [0.3, 0.4) is 0 Å². The maximum atomic E-state index is 12.4. The van der Waals surface area contributed by atoms with Gasteiger partial charge in [0.1, 0.15) is 11.3 Å². The highest BCUT2D eigenvalue weighted by Crippen LogP contribution is 2.22. The molecule has 3 rings (SSSR count). The number of benzene rings is 2. The van der Waals surface area contributed by atoms with E-state index < -0.39 is 0 Å². The first-order chi connectivity index (χ1) is 10.6. The Morgan fingerprint density at radius 1 is 1.09 bits per heavy atom. The van der Waals surface area contributed by atoms with Crippen molar-refractivity contribution in [3.8, 4) is 11.3 Å². The molecule has 108 valence electrons. The van der Waals surface area contributed by atoms with E-state index in [4.69, 9.17) is 4.42 Å². The Bertz CT molecular complexity index is 915. The minimum atomic E-state index is -0.0364. The standard InChI is InChI=1S/C20H16O2/c1-14(2)8-9-15-10-11-19-17(12-15)18(21)13-20(22-19)16-6-4-3-5-7-16/h3-13H,1H2,2H3. The fraction of sp³-hybridized carbons (Fsp3) is 0.0500. The van der Waals surface area contributed by atoms with Gasteiger partial charge in [-0.15, -0.1) is 0 Å². The second-order valence-electron chi connectivity index (χ2n) is 5.28. The van der Waals surface area contributed by atoms with Crippen LogP contribution in [0.5, 0.6) is 0 Å². The van der Waals surface area contributed by atoms with Gasteiger partial charge in [-0.05, 0) is 24.6 Å². The first kappa shape index (κ1) is 14.1. The zero-order valence-corrected chi connectivity index (χ0v) is 12.4. The molecule has 0 saturated heterocycles. The largest absolute Gasteiger partial charge is 0.456 e. The van der Waals surface area contributed by atoms with Crippen LogP contribution in [0, 0.1) is 0 Å². The number of rotatable bonds is 3. The van der Waals surface area contributed by atoms with Crippen molar-refractivity contribution in [1.82, 2.24) is 0 Å². The summed E-state index contributed by atoms with van der Waals surface area (Å²) in [5, 5.41) is 0.587. The third kappa shape index (κ3) is 2.91. The summed E-state index contributed by atoms with van der Waals surface area (Å²) >= 11 is 0. The van der Waals surface area contributed by atoms with E-state index in [1.165, 1.54) is 0 Å². The van der Waals surface area contributed by atoms with E-state index in [9.17, 15) is 4.79 Å². The van der Waals surface area contributed by atoms with Crippen LogP contribution in [0.4, 0.5) is 0 Å². The summed E-state index contributed by atoms with van der Waals surface area (Å²) in [4.78, 5) is 12.4. The average molecular weight is 288 g/mol. The zero-order valence-electron chi connectivity index (χ0n) is 12.4. The maximum Gasteiger partial charge on any atom is 0.193 e. The molecule has 0 aliphatic heterocycles. The summed E-state index contributed by atoms with van der Waals surface area (Å²) in [6.07, 6.45) is 3.85. The highest BCUT2D eigenvalue weighted by molar-refractivity contribution is 5.81. The van der Waals surface area contributed by atoms with E-state index in [1.54, 1.807) is 6.07 Å². The van der Waals surface area contributed by atoms with Crippen LogP contribution in [0.25, 0.3) is 28.4 Å². The molecular formula is C20H16O2. The first-order valence-corrected chi connectivity index (χ1v) is 7.10. The van der Waals surface area contributed by atoms with Crippen LogP contribution in [-0.2, 0) is 0 Å². The average Bonchev–Trinajstić information content (AvgIpc) is 2.54. The smallest absolute Gasteiger partial charge is 0.193 e. The number of fused-ring (bicyclic) bond motifs is 1. The lowest BCUT2D eigenvalue weighted by atomic mass is 10.1. The quantitative estimate of drug-likeness (QED) is 0.631. The third-order valence-electron chi connectivity index (χ3n) is 3.37. The van der Waals surface area contributed by atoms with Gasteiger partial charge in [0.2, 0.25) is 0 Å². The minimum absolute atomic E-state index is 0.0364. The fourth-order valence-corrected chi connectivity index (χ4v) is 2.26. The Kier molecular flexibility index (Phi) is 3.75. The van der Waals surface area contributed by atoms with Crippen LogP contribution in [0.15, 0.2) is 82.0 Å². The zero-order chi connectivity index (χ0) is 15.5. The topological polar surface area (TPSA) is 30.2 Å². The Morgan fingerprint density at radius 2 is 1.86 bits per heavy atom. The van der Waals surface area contributed by atoms with Gasteiger partial charge < -0.3 is 4.42 Å². The molecule has 1 aromatic heterocycles. The van der Waals surface area contributed by atoms with E-state index in [-0.39, 0.29) is 5.43 Å². The monoisotopic (exact) mass is 288 g/mol. The molecule has 22 heavy (non-hydrogen) atoms. The Labute approximate surface area is 129 Å². The van der Waals surface area contributed by atoms with Crippen molar-refractivity contribution < 1.29 is 4.42 Å². The normalized spacial score (nSPS) is 11.1. The van der Waals surface area contributed by atoms with Gasteiger partial charge in [-0.3, -0.25) is 4.79 Å². The predicted molar refractivity (Wildman–Crippen MR) is 91.8 cm³/mol. The minimum Gasteiger partial charge on any atom is -0.456 e. The van der Waals surface area contributed by atoms with Gasteiger partial charge in [-0.1, -0.05) is 60.7 Å². The lowest BCUT2D eigenvalue weighted by Gasteiger charge is -2.04. The van der Waals surface area contributed by atoms with Gasteiger partial charge in [-0.2, -0.15) is 0 Å².